The van der Waals surface area contributed by atoms with Gasteiger partial charge in [0.1, 0.15) is 0 Å². The minimum Gasteiger partial charge on any atom is -0.346 e. The second kappa shape index (κ2) is 7.43. The molecule has 1 heterocycles. The van der Waals surface area contributed by atoms with Crippen molar-refractivity contribution >= 4 is 46.4 Å². The molecule has 1 fully saturated rings. The van der Waals surface area contributed by atoms with Crippen molar-refractivity contribution in [1.29, 1.82) is 0 Å². The smallest absolute Gasteiger partial charge is 0.258 e. The van der Waals surface area contributed by atoms with Gasteiger partial charge in [-0.2, -0.15) is 0 Å². The van der Waals surface area contributed by atoms with Crippen molar-refractivity contribution in [3.8, 4) is 0 Å². The highest BCUT2D eigenvalue weighted by atomic mass is 35.5. The summed E-state index contributed by atoms with van der Waals surface area (Å²) in [4.78, 5) is 14.4. The molecule has 1 aromatic rings. The number of piperidine rings is 1. The van der Waals surface area contributed by atoms with Crippen LogP contribution in [0.5, 0.6) is 0 Å². The van der Waals surface area contributed by atoms with Gasteiger partial charge in [-0.05, 0) is 56.1 Å². The fourth-order valence-electron chi connectivity index (χ4n) is 2.60. The summed E-state index contributed by atoms with van der Waals surface area (Å²) in [6.45, 7) is 3.04. The van der Waals surface area contributed by atoms with Crippen molar-refractivity contribution in [2.45, 2.75) is 38.6 Å². The lowest BCUT2D eigenvalue weighted by Crippen LogP contribution is -2.49. The van der Waals surface area contributed by atoms with Crippen LogP contribution >= 0.6 is 35.4 Å². The second-order valence-corrected chi connectivity index (χ2v) is 6.37. The molecule has 0 bridgehead atoms. The number of hydrogen-bond donors (Lipinski definition) is 1. The molecule has 0 radical (unpaired) electrons. The Morgan fingerprint density at radius 3 is 2.86 bits per heavy atom. The molecule has 6 heteroatoms. The highest BCUT2D eigenvalue weighted by Gasteiger charge is 2.24. The number of carbonyl (C=O) groups excluding carboxylic acids is 1. The van der Waals surface area contributed by atoms with Gasteiger partial charge < -0.3 is 4.90 Å². The average Bonchev–Trinajstić information content (AvgIpc) is 2.46. The van der Waals surface area contributed by atoms with Crippen LogP contribution < -0.4 is 5.32 Å². The van der Waals surface area contributed by atoms with Gasteiger partial charge in [-0.25, -0.2) is 0 Å². The van der Waals surface area contributed by atoms with Gasteiger partial charge in [0, 0.05) is 17.6 Å². The quantitative estimate of drug-likeness (QED) is 0.813. The van der Waals surface area contributed by atoms with Gasteiger partial charge in [0.2, 0.25) is 0 Å². The minimum absolute atomic E-state index is 0.290. The Bertz CT molecular complexity index is 550. The van der Waals surface area contributed by atoms with Gasteiger partial charge in [0.05, 0.1) is 10.6 Å². The number of rotatable bonds is 2. The molecule has 21 heavy (non-hydrogen) atoms. The fraction of sp³-hybridized carbons (Fsp3) is 0.467. The van der Waals surface area contributed by atoms with Crippen LogP contribution in [0.25, 0.3) is 0 Å². The molecule has 0 aromatic heterocycles. The Kier molecular flexibility index (Phi) is 5.85. The van der Waals surface area contributed by atoms with E-state index in [0.717, 1.165) is 25.8 Å². The van der Waals surface area contributed by atoms with Crippen LogP contribution in [0.15, 0.2) is 18.2 Å². The van der Waals surface area contributed by atoms with E-state index in [0.29, 0.717) is 26.8 Å². The first kappa shape index (κ1) is 16.5. The van der Waals surface area contributed by atoms with Crippen LogP contribution in [0.4, 0.5) is 0 Å². The predicted octanol–water partition coefficient (Wildman–Crippen LogP) is 4.27. The van der Waals surface area contributed by atoms with Gasteiger partial charge in [-0.1, -0.05) is 30.1 Å². The van der Waals surface area contributed by atoms with Crippen LogP contribution in [0.2, 0.25) is 10.0 Å². The summed E-state index contributed by atoms with van der Waals surface area (Å²) in [7, 11) is 0. The zero-order valence-corrected chi connectivity index (χ0v) is 14.2. The normalized spacial score (nSPS) is 18.4. The van der Waals surface area contributed by atoms with Crippen LogP contribution in [-0.4, -0.2) is 28.5 Å². The molecule has 0 aliphatic carbocycles. The summed E-state index contributed by atoms with van der Waals surface area (Å²) >= 11 is 17.3. The lowest BCUT2D eigenvalue weighted by Gasteiger charge is -2.37. The van der Waals surface area contributed by atoms with Gasteiger partial charge in [0.25, 0.3) is 5.91 Å². The van der Waals surface area contributed by atoms with E-state index >= 15 is 0 Å². The molecule has 1 aliphatic rings. The van der Waals surface area contributed by atoms with Crippen LogP contribution in [0.1, 0.15) is 43.0 Å². The van der Waals surface area contributed by atoms with E-state index in [2.05, 4.69) is 17.1 Å². The maximum absolute atomic E-state index is 12.3. The summed E-state index contributed by atoms with van der Waals surface area (Å²) < 4.78 is 0. The average molecular weight is 345 g/mol. The number of benzene rings is 1. The third kappa shape index (κ3) is 4.09. The molecule has 3 nitrogen and oxygen atoms in total. The van der Waals surface area contributed by atoms with Crippen molar-refractivity contribution in [3.63, 3.8) is 0 Å². The molecule has 1 aromatic carbocycles. The number of carbonyl (C=O) groups is 1. The number of halogens is 2. The first-order valence-corrected chi connectivity index (χ1v) is 8.26. The number of thiocarbonyl (C=S) groups is 1. The largest absolute Gasteiger partial charge is 0.346 e. The Labute approximate surface area is 140 Å². The molecule has 0 spiro atoms. The van der Waals surface area contributed by atoms with Crippen LogP contribution in [-0.2, 0) is 0 Å². The molecule has 1 saturated heterocycles. The monoisotopic (exact) mass is 344 g/mol. The first-order valence-electron chi connectivity index (χ1n) is 7.10. The number of hydrogen-bond acceptors (Lipinski definition) is 2. The van der Waals surface area contributed by atoms with Gasteiger partial charge in [-0.3, -0.25) is 10.1 Å². The maximum Gasteiger partial charge on any atom is 0.258 e. The van der Waals surface area contributed by atoms with Crippen molar-refractivity contribution in [2.24, 2.45) is 0 Å². The Morgan fingerprint density at radius 2 is 2.19 bits per heavy atom. The Morgan fingerprint density at radius 1 is 1.43 bits per heavy atom. The summed E-state index contributed by atoms with van der Waals surface area (Å²) in [6.07, 6.45) is 4.47. The molecular formula is C15H18Cl2N2OS. The standard InChI is InChI=1S/C15H18Cl2N2OS/c1-2-11-5-3-4-8-19(11)15(21)18-14(20)12-7-6-10(16)9-13(12)17/h6-7,9,11H,2-5,8H2,1H3,(H,18,20,21). The minimum atomic E-state index is -0.290. The van der Waals surface area contributed by atoms with E-state index in [9.17, 15) is 4.79 Å². The van der Waals surface area contributed by atoms with E-state index < -0.39 is 0 Å². The van der Waals surface area contributed by atoms with Crippen molar-refractivity contribution in [1.82, 2.24) is 10.2 Å². The van der Waals surface area contributed by atoms with E-state index in [4.69, 9.17) is 35.4 Å². The molecule has 1 aliphatic heterocycles. The maximum atomic E-state index is 12.3. The Balaban J connectivity index is 2.06. The zero-order valence-electron chi connectivity index (χ0n) is 11.9. The van der Waals surface area contributed by atoms with Crippen LogP contribution in [0, 0.1) is 0 Å². The second-order valence-electron chi connectivity index (χ2n) is 5.13. The molecule has 2 rings (SSSR count). The summed E-state index contributed by atoms with van der Waals surface area (Å²) in [5.41, 5.74) is 0.383. The topological polar surface area (TPSA) is 32.3 Å². The van der Waals surface area contributed by atoms with Gasteiger partial charge >= 0.3 is 0 Å². The summed E-state index contributed by atoms with van der Waals surface area (Å²) in [5.74, 6) is -0.290. The molecular weight excluding hydrogens is 327 g/mol. The van der Waals surface area contributed by atoms with Gasteiger partial charge in [-0.15, -0.1) is 0 Å². The molecule has 1 atom stereocenters. The molecule has 114 valence electrons. The van der Waals surface area contributed by atoms with Crippen molar-refractivity contribution < 1.29 is 4.79 Å². The van der Waals surface area contributed by atoms with Crippen molar-refractivity contribution in [3.05, 3.63) is 33.8 Å². The number of nitrogens with one attached hydrogen (secondary N) is 1. The summed E-state index contributed by atoms with van der Waals surface area (Å²) in [5, 5.41) is 4.09. The molecule has 0 saturated carbocycles. The van der Waals surface area contributed by atoms with E-state index in [1.54, 1.807) is 18.2 Å². The third-order valence-corrected chi connectivity index (χ3v) is 4.64. The fourth-order valence-corrected chi connectivity index (χ4v) is 3.43. The third-order valence-electron chi connectivity index (χ3n) is 3.76. The van der Waals surface area contributed by atoms with E-state index in [1.165, 1.54) is 6.42 Å². The highest BCUT2D eigenvalue weighted by Crippen LogP contribution is 2.22. The van der Waals surface area contributed by atoms with Crippen LogP contribution in [0.3, 0.4) is 0 Å². The van der Waals surface area contributed by atoms with Crippen molar-refractivity contribution in [2.75, 3.05) is 6.54 Å². The SMILES string of the molecule is CCC1CCCCN1C(=S)NC(=O)c1ccc(Cl)cc1Cl. The lowest BCUT2D eigenvalue weighted by molar-refractivity contribution is 0.0969. The Hall–Kier alpha value is -0.840. The van der Waals surface area contributed by atoms with E-state index in [1.807, 2.05) is 0 Å². The zero-order chi connectivity index (χ0) is 15.4. The van der Waals surface area contributed by atoms with Gasteiger partial charge in [0.15, 0.2) is 5.11 Å². The molecule has 1 N–H and O–H groups in total. The lowest BCUT2D eigenvalue weighted by atomic mass is 10.0. The molecule has 1 unspecified atom stereocenters. The number of amides is 1. The summed E-state index contributed by atoms with van der Waals surface area (Å²) in [6, 6.07) is 5.21. The highest BCUT2D eigenvalue weighted by molar-refractivity contribution is 7.80. The first-order chi connectivity index (χ1) is 10.0. The predicted molar refractivity (Wildman–Crippen MR) is 91.2 cm³/mol. The molecule has 1 amide bonds. The number of likely N-dealkylation sites (tertiary alicyclic amines) is 1. The van der Waals surface area contributed by atoms with E-state index in [-0.39, 0.29) is 5.91 Å². The number of nitrogens with zero attached hydrogens (tertiary/aromatic N) is 1.